The molecule has 2 aliphatic rings. The van der Waals surface area contributed by atoms with E-state index in [9.17, 15) is 14.8 Å². The molecule has 0 aliphatic carbocycles. The van der Waals surface area contributed by atoms with E-state index in [1.807, 2.05) is 6.92 Å². The molecule has 0 spiro atoms. The van der Waals surface area contributed by atoms with Gasteiger partial charge in [-0.2, -0.15) is 5.26 Å². The third kappa shape index (κ3) is 3.40. The molecular weight excluding hydrogens is 295 g/mol. The molecule has 1 aromatic carbocycles. The SMILES string of the molecule is C[C@]1(O)CCOC[C@H]1[C@H]1CCCN1Cc1cc(F)ccc1C#N. The fraction of sp³-hybridized carbons (Fsp3) is 0.611. The Morgan fingerprint density at radius 1 is 1.52 bits per heavy atom. The van der Waals surface area contributed by atoms with Crippen molar-refractivity contribution in [2.75, 3.05) is 19.8 Å². The van der Waals surface area contributed by atoms with Gasteiger partial charge in [0.05, 0.1) is 23.8 Å². The first-order valence-electron chi connectivity index (χ1n) is 8.24. The number of nitrogens with zero attached hydrogens (tertiary/aromatic N) is 2. The number of hydrogen-bond donors (Lipinski definition) is 1. The van der Waals surface area contributed by atoms with Crippen LogP contribution in [0.1, 0.15) is 37.3 Å². The van der Waals surface area contributed by atoms with Crippen LogP contribution >= 0.6 is 0 Å². The Kier molecular flexibility index (Phi) is 4.67. The van der Waals surface area contributed by atoms with Crippen LogP contribution in [-0.2, 0) is 11.3 Å². The van der Waals surface area contributed by atoms with Crippen molar-refractivity contribution in [2.45, 2.75) is 44.4 Å². The van der Waals surface area contributed by atoms with Crippen LogP contribution in [0, 0.1) is 23.1 Å². The van der Waals surface area contributed by atoms with E-state index in [0.717, 1.165) is 24.9 Å². The van der Waals surface area contributed by atoms with Gasteiger partial charge in [0.2, 0.25) is 0 Å². The lowest BCUT2D eigenvalue weighted by molar-refractivity contribution is -0.123. The summed E-state index contributed by atoms with van der Waals surface area (Å²) < 4.78 is 19.1. The van der Waals surface area contributed by atoms with E-state index in [1.165, 1.54) is 18.2 Å². The lowest BCUT2D eigenvalue weighted by Crippen LogP contribution is -2.52. The minimum absolute atomic E-state index is 0.0536. The van der Waals surface area contributed by atoms with Gasteiger partial charge in [-0.25, -0.2) is 4.39 Å². The van der Waals surface area contributed by atoms with E-state index in [2.05, 4.69) is 11.0 Å². The van der Waals surface area contributed by atoms with Gasteiger partial charge in [-0.1, -0.05) is 0 Å². The Bertz CT molecular complexity index is 612. The van der Waals surface area contributed by atoms with Crippen molar-refractivity contribution >= 4 is 0 Å². The molecule has 3 rings (SSSR count). The highest BCUT2D eigenvalue weighted by Crippen LogP contribution is 2.36. The molecule has 1 aromatic rings. The smallest absolute Gasteiger partial charge is 0.123 e. The summed E-state index contributed by atoms with van der Waals surface area (Å²) in [6.45, 7) is 4.48. The quantitative estimate of drug-likeness (QED) is 0.930. The lowest BCUT2D eigenvalue weighted by Gasteiger charge is -2.43. The normalized spacial score (nSPS) is 31.9. The van der Waals surface area contributed by atoms with Gasteiger partial charge in [-0.05, 0) is 56.5 Å². The fourth-order valence-electron chi connectivity index (χ4n) is 3.90. The van der Waals surface area contributed by atoms with Crippen molar-refractivity contribution in [3.8, 4) is 6.07 Å². The number of ether oxygens (including phenoxy) is 1. The second kappa shape index (κ2) is 6.56. The zero-order chi connectivity index (χ0) is 16.4. The summed E-state index contributed by atoms with van der Waals surface area (Å²) in [7, 11) is 0. The standard InChI is InChI=1S/C18H23FN2O2/c1-18(22)6-8-23-12-16(18)17-3-2-7-21(17)11-14-9-15(19)5-4-13(14)10-20/h4-5,9,16-17,22H,2-3,6-8,11-12H2,1H3/t16-,17+,18-/m0/s1. The first-order valence-corrected chi connectivity index (χ1v) is 8.24. The van der Waals surface area contributed by atoms with Gasteiger partial charge in [0, 0.05) is 25.1 Å². The topological polar surface area (TPSA) is 56.5 Å². The van der Waals surface area contributed by atoms with Gasteiger partial charge in [-0.3, -0.25) is 4.90 Å². The molecule has 0 saturated carbocycles. The maximum absolute atomic E-state index is 13.5. The van der Waals surface area contributed by atoms with Gasteiger partial charge in [0.15, 0.2) is 0 Å². The molecule has 2 heterocycles. The number of nitriles is 1. The molecule has 5 heteroatoms. The van der Waals surface area contributed by atoms with Crippen LogP contribution in [0.15, 0.2) is 18.2 Å². The molecule has 124 valence electrons. The highest BCUT2D eigenvalue weighted by molar-refractivity contribution is 5.37. The summed E-state index contributed by atoms with van der Waals surface area (Å²) in [5, 5.41) is 19.9. The minimum Gasteiger partial charge on any atom is -0.390 e. The third-order valence-corrected chi connectivity index (χ3v) is 5.29. The average Bonchev–Trinajstić information content (AvgIpc) is 2.95. The van der Waals surface area contributed by atoms with Gasteiger partial charge in [0.25, 0.3) is 0 Å². The first-order chi connectivity index (χ1) is 11.0. The van der Waals surface area contributed by atoms with E-state index in [1.54, 1.807) is 0 Å². The van der Waals surface area contributed by atoms with Crippen molar-refractivity contribution in [1.29, 1.82) is 5.26 Å². The summed E-state index contributed by atoms with van der Waals surface area (Å²) in [5.74, 6) is -0.263. The number of likely N-dealkylation sites (tertiary alicyclic amines) is 1. The molecule has 2 fully saturated rings. The van der Waals surface area contributed by atoms with Crippen molar-refractivity contribution in [3.05, 3.63) is 35.1 Å². The molecule has 23 heavy (non-hydrogen) atoms. The predicted molar refractivity (Wildman–Crippen MR) is 84.1 cm³/mol. The third-order valence-electron chi connectivity index (χ3n) is 5.29. The van der Waals surface area contributed by atoms with E-state index >= 15 is 0 Å². The molecule has 0 unspecified atom stereocenters. The predicted octanol–water partition coefficient (Wildman–Crippen LogP) is 2.45. The minimum atomic E-state index is -0.731. The van der Waals surface area contributed by atoms with Gasteiger partial charge in [0.1, 0.15) is 5.82 Å². The van der Waals surface area contributed by atoms with Gasteiger partial charge in [-0.15, -0.1) is 0 Å². The molecule has 2 aliphatic heterocycles. The zero-order valence-electron chi connectivity index (χ0n) is 13.5. The Labute approximate surface area is 136 Å². The Balaban J connectivity index is 1.80. The summed E-state index contributed by atoms with van der Waals surface area (Å²) in [5.41, 5.74) is 0.505. The molecule has 0 radical (unpaired) electrons. The van der Waals surface area contributed by atoms with Crippen LogP contribution in [0.5, 0.6) is 0 Å². The van der Waals surface area contributed by atoms with Crippen molar-refractivity contribution in [2.24, 2.45) is 5.92 Å². The monoisotopic (exact) mass is 318 g/mol. The molecule has 0 amide bonds. The number of halogens is 1. The van der Waals surface area contributed by atoms with Crippen molar-refractivity contribution in [3.63, 3.8) is 0 Å². The van der Waals surface area contributed by atoms with Gasteiger partial charge >= 0.3 is 0 Å². The van der Waals surface area contributed by atoms with Crippen molar-refractivity contribution < 1.29 is 14.2 Å². The molecule has 0 bridgehead atoms. The zero-order valence-corrected chi connectivity index (χ0v) is 13.5. The van der Waals surface area contributed by atoms with Crippen LogP contribution in [0.3, 0.4) is 0 Å². The maximum Gasteiger partial charge on any atom is 0.123 e. The van der Waals surface area contributed by atoms with E-state index in [0.29, 0.717) is 31.7 Å². The van der Waals surface area contributed by atoms with Crippen LogP contribution in [0.4, 0.5) is 4.39 Å². The molecule has 2 saturated heterocycles. The molecule has 3 atom stereocenters. The van der Waals surface area contributed by atoms with Crippen LogP contribution in [0.2, 0.25) is 0 Å². The first kappa shape index (κ1) is 16.4. The summed E-state index contributed by atoms with van der Waals surface area (Å²) in [6.07, 6.45) is 2.70. The maximum atomic E-state index is 13.5. The van der Waals surface area contributed by atoms with Gasteiger partial charge < -0.3 is 9.84 Å². The summed E-state index contributed by atoms with van der Waals surface area (Å²) in [6, 6.07) is 6.66. The van der Waals surface area contributed by atoms with Crippen LogP contribution < -0.4 is 0 Å². The Morgan fingerprint density at radius 2 is 2.35 bits per heavy atom. The molecule has 4 nitrogen and oxygen atoms in total. The number of rotatable bonds is 3. The summed E-state index contributed by atoms with van der Waals surface area (Å²) >= 11 is 0. The summed E-state index contributed by atoms with van der Waals surface area (Å²) in [4.78, 5) is 2.27. The molecule has 0 aromatic heterocycles. The number of hydrogen-bond acceptors (Lipinski definition) is 4. The Morgan fingerprint density at radius 3 is 3.09 bits per heavy atom. The van der Waals surface area contributed by atoms with E-state index in [-0.39, 0.29) is 17.8 Å². The highest BCUT2D eigenvalue weighted by atomic mass is 19.1. The fourth-order valence-corrected chi connectivity index (χ4v) is 3.90. The molecule has 1 N–H and O–H groups in total. The van der Waals surface area contributed by atoms with Crippen molar-refractivity contribution in [1.82, 2.24) is 4.90 Å². The Hall–Kier alpha value is -1.48. The second-order valence-corrected chi connectivity index (χ2v) is 6.88. The van der Waals surface area contributed by atoms with E-state index < -0.39 is 5.60 Å². The van der Waals surface area contributed by atoms with Crippen LogP contribution in [0.25, 0.3) is 0 Å². The largest absolute Gasteiger partial charge is 0.390 e. The van der Waals surface area contributed by atoms with Crippen LogP contribution in [-0.4, -0.2) is 41.4 Å². The second-order valence-electron chi connectivity index (χ2n) is 6.88. The lowest BCUT2D eigenvalue weighted by atomic mass is 9.79. The molecular formula is C18H23FN2O2. The number of aliphatic hydroxyl groups is 1. The average molecular weight is 318 g/mol. The number of benzene rings is 1. The van der Waals surface area contributed by atoms with E-state index in [4.69, 9.17) is 4.74 Å². The highest BCUT2D eigenvalue weighted by Gasteiger charge is 2.44.